The number of hydrogen-bond donors (Lipinski definition) is 2. The Kier molecular flexibility index (Phi) is 5.93. The van der Waals surface area contributed by atoms with Crippen molar-refractivity contribution in [2.45, 2.75) is 18.4 Å². The number of sulfonamides is 1. The molecule has 0 radical (unpaired) electrons. The van der Waals surface area contributed by atoms with E-state index >= 15 is 0 Å². The summed E-state index contributed by atoms with van der Waals surface area (Å²) in [7, 11) is -3.80. The van der Waals surface area contributed by atoms with Crippen LogP contribution in [0.2, 0.25) is 0 Å². The van der Waals surface area contributed by atoms with E-state index in [4.69, 9.17) is 0 Å². The molecule has 1 amide bonds. The standard InChI is InChI=1S/C18H16BrN3O3S2/c1-12-11-26-17(21-12)10-20-18(23)13-3-2-4-16(9-13)27(24,25)22-15-7-5-14(19)6-8-15/h2-9,11,22H,10H2,1H3,(H,20,23). The molecular weight excluding hydrogens is 450 g/mol. The first kappa shape index (κ1) is 19.5. The first-order valence-electron chi connectivity index (χ1n) is 7.91. The number of hydrogen-bond acceptors (Lipinski definition) is 5. The Balaban J connectivity index is 1.73. The molecule has 0 unspecified atom stereocenters. The molecule has 3 aromatic rings. The maximum Gasteiger partial charge on any atom is 0.261 e. The van der Waals surface area contributed by atoms with E-state index in [9.17, 15) is 13.2 Å². The van der Waals surface area contributed by atoms with Gasteiger partial charge >= 0.3 is 0 Å². The van der Waals surface area contributed by atoms with Gasteiger partial charge in [-0.05, 0) is 49.4 Å². The second-order valence-electron chi connectivity index (χ2n) is 5.71. The fraction of sp³-hybridized carbons (Fsp3) is 0.111. The Labute approximate surface area is 169 Å². The maximum absolute atomic E-state index is 12.6. The summed E-state index contributed by atoms with van der Waals surface area (Å²) in [5, 5.41) is 5.45. The van der Waals surface area contributed by atoms with E-state index in [1.54, 1.807) is 36.4 Å². The third kappa shape index (κ3) is 5.15. The predicted molar refractivity (Wildman–Crippen MR) is 109 cm³/mol. The number of benzene rings is 2. The number of aromatic nitrogens is 1. The summed E-state index contributed by atoms with van der Waals surface area (Å²) in [5.74, 6) is -0.358. The van der Waals surface area contributed by atoms with Crippen molar-refractivity contribution in [2.75, 3.05) is 4.72 Å². The largest absolute Gasteiger partial charge is 0.346 e. The summed E-state index contributed by atoms with van der Waals surface area (Å²) in [6, 6.07) is 12.7. The van der Waals surface area contributed by atoms with Gasteiger partial charge in [0.25, 0.3) is 15.9 Å². The van der Waals surface area contributed by atoms with Crippen molar-refractivity contribution in [1.29, 1.82) is 0 Å². The molecule has 0 fully saturated rings. The fourth-order valence-corrected chi connectivity index (χ4v) is 4.36. The van der Waals surface area contributed by atoms with Crippen LogP contribution in [0.4, 0.5) is 5.69 Å². The van der Waals surface area contributed by atoms with Gasteiger partial charge in [0.05, 0.1) is 11.4 Å². The van der Waals surface area contributed by atoms with Gasteiger partial charge in [-0.2, -0.15) is 0 Å². The minimum Gasteiger partial charge on any atom is -0.346 e. The molecule has 0 atom stereocenters. The maximum atomic E-state index is 12.6. The number of carbonyl (C=O) groups is 1. The molecule has 0 saturated heterocycles. The summed E-state index contributed by atoms with van der Waals surface area (Å²) in [6.45, 7) is 2.18. The number of anilines is 1. The molecule has 2 N–H and O–H groups in total. The Bertz CT molecular complexity index is 1060. The zero-order chi connectivity index (χ0) is 19.4. The molecule has 27 heavy (non-hydrogen) atoms. The molecule has 0 spiro atoms. The monoisotopic (exact) mass is 465 g/mol. The number of thiazole rings is 1. The highest BCUT2D eigenvalue weighted by molar-refractivity contribution is 9.10. The van der Waals surface area contributed by atoms with Gasteiger partial charge in [0.1, 0.15) is 5.01 Å². The molecule has 0 aliphatic rings. The normalized spacial score (nSPS) is 11.2. The van der Waals surface area contributed by atoms with Crippen LogP contribution in [0.1, 0.15) is 21.1 Å². The van der Waals surface area contributed by atoms with Crippen LogP contribution < -0.4 is 10.0 Å². The first-order chi connectivity index (χ1) is 12.8. The number of rotatable bonds is 6. The molecule has 1 aromatic heterocycles. The van der Waals surface area contributed by atoms with Crippen molar-refractivity contribution < 1.29 is 13.2 Å². The summed E-state index contributed by atoms with van der Waals surface area (Å²) in [6.07, 6.45) is 0. The minimum atomic E-state index is -3.80. The average Bonchev–Trinajstić information content (AvgIpc) is 3.07. The second kappa shape index (κ2) is 8.20. The smallest absolute Gasteiger partial charge is 0.261 e. The molecule has 0 bridgehead atoms. The number of amides is 1. The van der Waals surface area contributed by atoms with Crippen LogP contribution in [0.3, 0.4) is 0 Å². The Hall–Kier alpha value is -2.23. The summed E-state index contributed by atoms with van der Waals surface area (Å²) in [5.41, 5.74) is 1.60. The lowest BCUT2D eigenvalue weighted by Crippen LogP contribution is -2.23. The molecule has 140 valence electrons. The van der Waals surface area contributed by atoms with Gasteiger partial charge < -0.3 is 5.32 Å². The van der Waals surface area contributed by atoms with Crippen LogP contribution in [0.25, 0.3) is 0 Å². The van der Waals surface area contributed by atoms with Crippen LogP contribution >= 0.6 is 27.3 Å². The van der Waals surface area contributed by atoms with E-state index in [2.05, 4.69) is 31.0 Å². The first-order valence-corrected chi connectivity index (χ1v) is 11.1. The van der Waals surface area contributed by atoms with Gasteiger partial charge in [-0.15, -0.1) is 11.3 Å². The predicted octanol–water partition coefficient (Wildman–Crippen LogP) is 3.94. The van der Waals surface area contributed by atoms with Crippen molar-refractivity contribution in [3.63, 3.8) is 0 Å². The molecular formula is C18H16BrN3O3S2. The number of carbonyl (C=O) groups excluding carboxylic acids is 1. The van der Waals surface area contributed by atoms with Crippen molar-refractivity contribution in [2.24, 2.45) is 0 Å². The Morgan fingerprint density at radius 3 is 2.59 bits per heavy atom. The lowest BCUT2D eigenvalue weighted by atomic mass is 10.2. The van der Waals surface area contributed by atoms with E-state index in [1.807, 2.05) is 12.3 Å². The third-order valence-corrected chi connectivity index (χ3v) is 6.44. The van der Waals surface area contributed by atoms with E-state index in [0.29, 0.717) is 12.2 Å². The highest BCUT2D eigenvalue weighted by Crippen LogP contribution is 2.19. The van der Waals surface area contributed by atoms with Crippen molar-refractivity contribution in [3.8, 4) is 0 Å². The molecule has 0 aliphatic carbocycles. The lowest BCUT2D eigenvalue weighted by molar-refractivity contribution is 0.0950. The number of nitrogens with zero attached hydrogens (tertiary/aromatic N) is 1. The van der Waals surface area contributed by atoms with Crippen molar-refractivity contribution in [1.82, 2.24) is 10.3 Å². The molecule has 3 rings (SSSR count). The van der Waals surface area contributed by atoms with E-state index in [0.717, 1.165) is 15.2 Å². The molecule has 0 saturated carbocycles. The molecule has 0 aliphatic heterocycles. The van der Waals surface area contributed by atoms with Crippen LogP contribution in [-0.2, 0) is 16.6 Å². The highest BCUT2D eigenvalue weighted by atomic mass is 79.9. The van der Waals surface area contributed by atoms with Gasteiger partial charge in [0.2, 0.25) is 0 Å². The lowest BCUT2D eigenvalue weighted by Gasteiger charge is -2.10. The van der Waals surface area contributed by atoms with Crippen LogP contribution in [0.5, 0.6) is 0 Å². The highest BCUT2D eigenvalue weighted by Gasteiger charge is 2.16. The van der Waals surface area contributed by atoms with E-state index in [1.165, 1.54) is 23.5 Å². The number of nitrogens with one attached hydrogen (secondary N) is 2. The summed E-state index contributed by atoms with van der Waals surface area (Å²) in [4.78, 5) is 16.6. The van der Waals surface area contributed by atoms with Gasteiger partial charge in [-0.1, -0.05) is 22.0 Å². The second-order valence-corrected chi connectivity index (χ2v) is 9.25. The zero-order valence-electron chi connectivity index (χ0n) is 14.3. The molecule has 9 heteroatoms. The van der Waals surface area contributed by atoms with Crippen LogP contribution in [-0.4, -0.2) is 19.3 Å². The molecule has 1 heterocycles. The quantitative estimate of drug-likeness (QED) is 0.576. The Morgan fingerprint density at radius 1 is 1.19 bits per heavy atom. The summed E-state index contributed by atoms with van der Waals surface area (Å²) >= 11 is 4.76. The van der Waals surface area contributed by atoms with Gasteiger partial charge in [0, 0.05) is 26.8 Å². The topological polar surface area (TPSA) is 88.2 Å². The number of aryl methyl sites for hydroxylation is 1. The van der Waals surface area contributed by atoms with Crippen LogP contribution in [0, 0.1) is 6.92 Å². The Morgan fingerprint density at radius 2 is 1.93 bits per heavy atom. The minimum absolute atomic E-state index is 0.0168. The molecule has 2 aromatic carbocycles. The van der Waals surface area contributed by atoms with Gasteiger partial charge in [0.15, 0.2) is 0 Å². The van der Waals surface area contributed by atoms with Crippen molar-refractivity contribution in [3.05, 3.63) is 74.6 Å². The SMILES string of the molecule is Cc1csc(CNC(=O)c2cccc(S(=O)(=O)Nc3ccc(Br)cc3)c2)n1. The number of halogens is 1. The van der Waals surface area contributed by atoms with Gasteiger partial charge in [-0.3, -0.25) is 9.52 Å². The average molecular weight is 466 g/mol. The van der Waals surface area contributed by atoms with Crippen LogP contribution in [0.15, 0.2) is 63.3 Å². The van der Waals surface area contributed by atoms with Crippen molar-refractivity contribution >= 4 is 48.9 Å². The summed E-state index contributed by atoms with van der Waals surface area (Å²) < 4.78 is 28.5. The third-order valence-electron chi connectivity index (χ3n) is 3.57. The van der Waals surface area contributed by atoms with E-state index in [-0.39, 0.29) is 16.4 Å². The molecule has 6 nitrogen and oxygen atoms in total. The zero-order valence-corrected chi connectivity index (χ0v) is 17.5. The van der Waals surface area contributed by atoms with Gasteiger partial charge in [-0.25, -0.2) is 13.4 Å². The van der Waals surface area contributed by atoms with E-state index < -0.39 is 10.0 Å². The fourth-order valence-electron chi connectivity index (χ4n) is 2.28.